The molecule has 0 aromatic carbocycles. The Labute approximate surface area is 105 Å². The van der Waals surface area contributed by atoms with Crippen LogP contribution in [0.2, 0.25) is 0 Å². The van der Waals surface area contributed by atoms with Gasteiger partial charge in [-0.1, -0.05) is 0 Å². The summed E-state index contributed by atoms with van der Waals surface area (Å²) in [6.45, 7) is 1.95. The molecule has 3 N–H and O–H groups in total. The second-order valence-electron chi connectivity index (χ2n) is 3.87. The molecule has 1 aliphatic heterocycles. The van der Waals surface area contributed by atoms with Crippen molar-refractivity contribution in [1.29, 1.82) is 0 Å². The highest BCUT2D eigenvalue weighted by atomic mass is 32.2. The lowest BCUT2D eigenvalue weighted by molar-refractivity contribution is -0.144. The minimum atomic E-state index is -3.15. The van der Waals surface area contributed by atoms with Gasteiger partial charge in [0, 0.05) is 11.0 Å². The summed E-state index contributed by atoms with van der Waals surface area (Å²) in [4.78, 5) is 11.2. The smallest absolute Gasteiger partial charge is 0.323 e. The van der Waals surface area contributed by atoms with E-state index in [2.05, 4.69) is 0 Å². The third-order valence-corrected chi connectivity index (χ3v) is 5.74. The van der Waals surface area contributed by atoms with Crippen LogP contribution in [0, 0.1) is 0 Å². The number of aliphatic hydroxyl groups is 1. The minimum absolute atomic E-state index is 0.0611. The summed E-state index contributed by atoms with van der Waals surface area (Å²) in [6.07, 6.45) is -0.876. The molecule has 0 aliphatic carbocycles. The monoisotopic (exact) mass is 283 g/mol. The molecule has 0 saturated carbocycles. The number of carbonyl (C=O) groups is 1. The first-order valence-corrected chi connectivity index (χ1v) is 8.15. The van der Waals surface area contributed by atoms with Gasteiger partial charge in [-0.3, -0.25) is 4.79 Å². The normalized spacial score (nSPS) is 28.9. The molecule has 1 fully saturated rings. The van der Waals surface area contributed by atoms with Crippen molar-refractivity contribution in [3.05, 3.63) is 0 Å². The Balaban J connectivity index is 2.39. The van der Waals surface area contributed by atoms with Gasteiger partial charge in [0.05, 0.1) is 24.2 Å². The van der Waals surface area contributed by atoms with Gasteiger partial charge in [0.1, 0.15) is 6.04 Å². The lowest BCUT2D eigenvalue weighted by Gasteiger charge is -2.15. The predicted octanol–water partition coefficient (Wildman–Crippen LogP) is -1.23. The second-order valence-corrected chi connectivity index (χ2v) is 7.30. The largest absolute Gasteiger partial charge is 0.465 e. The van der Waals surface area contributed by atoms with Crippen molar-refractivity contribution in [3.63, 3.8) is 0 Å². The highest BCUT2D eigenvalue weighted by Crippen LogP contribution is 2.25. The van der Waals surface area contributed by atoms with Crippen LogP contribution in [-0.4, -0.2) is 60.8 Å². The van der Waals surface area contributed by atoms with Crippen molar-refractivity contribution in [3.8, 4) is 0 Å². The Morgan fingerprint density at radius 3 is 2.71 bits per heavy atom. The first-order chi connectivity index (χ1) is 7.85. The van der Waals surface area contributed by atoms with Crippen LogP contribution in [0.1, 0.15) is 6.92 Å². The number of thioether (sulfide) groups is 1. The van der Waals surface area contributed by atoms with Gasteiger partial charge in [0.15, 0.2) is 9.84 Å². The summed E-state index contributed by atoms with van der Waals surface area (Å²) >= 11 is 1.20. The Morgan fingerprint density at radius 1 is 1.59 bits per heavy atom. The van der Waals surface area contributed by atoms with Crippen LogP contribution in [0.4, 0.5) is 0 Å². The zero-order valence-corrected chi connectivity index (χ0v) is 11.2. The molecule has 100 valence electrons. The van der Waals surface area contributed by atoms with E-state index in [0.29, 0.717) is 0 Å². The molecular weight excluding hydrogens is 266 g/mol. The third-order valence-electron chi connectivity index (χ3n) is 2.35. The van der Waals surface area contributed by atoms with Crippen molar-refractivity contribution in [2.45, 2.75) is 24.3 Å². The molecule has 8 heteroatoms. The van der Waals surface area contributed by atoms with Crippen LogP contribution in [0.5, 0.6) is 0 Å². The van der Waals surface area contributed by atoms with Crippen molar-refractivity contribution < 1.29 is 23.1 Å². The van der Waals surface area contributed by atoms with Crippen molar-refractivity contribution >= 4 is 27.6 Å². The molecule has 1 rings (SSSR count). The fraction of sp³-hybridized carbons (Fsp3) is 0.889. The number of nitrogens with two attached hydrogens (primary N) is 1. The van der Waals surface area contributed by atoms with E-state index in [1.165, 1.54) is 11.8 Å². The lowest BCUT2D eigenvalue weighted by Crippen LogP contribution is -2.36. The standard InChI is InChI=1S/C9H17NO5S2/c1-2-15-9(12)6(10)3-16-8-5-17(13,14)4-7(8)11/h6-8,11H,2-5,10H2,1H3. The van der Waals surface area contributed by atoms with Crippen molar-refractivity contribution in [2.24, 2.45) is 5.73 Å². The van der Waals surface area contributed by atoms with E-state index in [1.54, 1.807) is 6.92 Å². The number of sulfone groups is 1. The summed E-state index contributed by atoms with van der Waals surface area (Å²) in [5, 5.41) is 9.12. The molecule has 0 radical (unpaired) electrons. The van der Waals surface area contributed by atoms with Crippen LogP contribution in [0.3, 0.4) is 0 Å². The molecule has 0 amide bonds. The number of hydrogen-bond donors (Lipinski definition) is 2. The van der Waals surface area contributed by atoms with E-state index in [-0.39, 0.29) is 23.9 Å². The highest BCUT2D eigenvalue weighted by Gasteiger charge is 2.37. The molecule has 1 aliphatic rings. The van der Waals surface area contributed by atoms with Crippen molar-refractivity contribution in [2.75, 3.05) is 23.9 Å². The van der Waals surface area contributed by atoms with E-state index in [9.17, 15) is 18.3 Å². The van der Waals surface area contributed by atoms with Gasteiger partial charge in [0.25, 0.3) is 0 Å². The average Bonchev–Trinajstić information content (AvgIpc) is 2.48. The van der Waals surface area contributed by atoms with Crippen LogP contribution >= 0.6 is 11.8 Å². The van der Waals surface area contributed by atoms with E-state index in [0.717, 1.165) is 0 Å². The van der Waals surface area contributed by atoms with E-state index >= 15 is 0 Å². The number of hydrogen-bond acceptors (Lipinski definition) is 7. The van der Waals surface area contributed by atoms with Gasteiger partial charge in [-0.25, -0.2) is 8.42 Å². The molecule has 0 bridgehead atoms. The zero-order chi connectivity index (χ0) is 13.1. The van der Waals surface area contributed by atoms with Crippen LogP contribution in [-0.2, 0) is 19.4 Å². The van der Waals surface area contributed by atoms with E-state index in [4.69, 9.17) is 10.5 Å². The van der Waals surface area contributed by atoms with E-state index in [1.807, 2.05) is 0 Å². The number of esters is 1. The Bertz CT molecular complexity index is 370. The van der Waals surface area contributed by atoms with Gasteiger partial charge in [0.2, 0.25) is 0 Å². The average molecular weight is 283 g/mol. The first kappa shape index (κ1) is 14.7. The molecular formula is C9H17NO5S2. The third kappa shape index (κ3) is 4.46. The fourth-order valence-corrected chi connectivity index (χ4v) is 5.15. The van der Waals surface area contributed by atoms with Gasteiger partial charge in [-0.15, -0.1) is 0 Å². The van der Waals surface area contributed by atoms with E-state index < -0.39 is 33.2 Å². The minimum Gasteiger partial charge on any atom is -0.465 e. The lowest BCUT2D eigenvalue weighted by atomic mass is 10.3. The molecule has 0 aromatic heterocycles. The van der Waals surface area contributed by atoms with Crippen LogP contribution in [0.25, 0.3) is 0 Å². The fourth-order valence-electron chi connectivity index (χ4n) is 1.50. The quantitative estimate of drug-likeness (QED) is 0.608. The molecule has 0 spiro atoms. The first-order valence-electron chi connectivity index (χ1n) is 5.28. The summed E-state index contributed by atoms with van der Waals surface area (Å²) in [6, 6.07) is -0.782. The maximum absolute atomic E-state index is 11.2. The molecule has 1 heterocycles. The Hall–Kier alpha value is -0.310. The topological polar surface area (TPSA) is 107 Å². The summed E-state index contributed by atoms with van der Waals surface area (Å²) < 4.78 is 27.2. The number of aliphatic hydroxyl groups excluding tert-OH is 1. The summed E-state index contributed by atoms with van der Waals surface area (Å²) in [5.41, 5.74) is 5.57. The van der Waals surface area contributed by atoms with Gasteiger partial charge in [-0.2, -0.15) is 11.8 Å². The summed E-state index contributed by atoms with van der Waals surface area (Å²) in [5.74, 6) is -0.528. The Morgan fingerprint density at radius 2 is 2.24 bits per heavy atom. The Kier molecular flexibility index (Phi) is 5.23. The van der Waals surface area contributed by atoms with Gasteiger partial charge >= 0.3 is 5.97 Å². The predicted molar refractivity (Wildman–Crippen MR) is 65.5 cm³/mol. The molecule has 6 nitrogen and oxygen atoms in total. The van der Waals surface area contributed by atoms with Gasteiger partial charge < -0.3 is 15.6 Å². The maximum atomic E-state index is 11.2. The number of rotatable bonds is 5. The molecule has 3 unspecified atom stereocenters. The highest BCUT2D eigenvalue weighted by molar-refractivity contribution is 8.02. The molecule has 3 atom stereocenters. The van der Waals surface area contributed by atoms with Crippen LogP contribution in [0.15, 0.2) is 0 Å². The zero-order valence-electron chi connectivity index (χ0n) is 9.53. The van der Waals surface area contributed by atoms with Gasteiger partial charge in [-0.05, 0) is 6.92 Å². The summed E-state index contributed by atoms with van der Waals surface area (Å²) in [7, 11) is -3.15. The molecule has 0 aromatic rings. The SMILES string of the molecule is CCOC(=O)C(N)CSC1CS(=O)(=O)CC1O. The molecule has 17 heavy (non-hydrogen) atoms. The van der Waals surface area contributed by atoms with Crippen LogP contribution < -0.4 is 5.73 Å². The molecule has 1 saturated heterocycles. The maximum Gasteiger partial charge on any atom is 0.323 e. The number of carbonyl (C=O) groups excluding carboxylic acids is 1. The second kappa shape index (κ2) is 6.03. The number of ether oxygens (including phenoxy) is 1. The van der Waals surface area contributed by atoms with Crippen molar-refractivity contribution in [1.82, 2.24) is 0 Å².